The van der Waals surface area contributed by atoms with E-state index >= 15 is 0 Å². The van der Waals surface area contributed by atoms with Crippen molar-refractivity contribution in [3.05, 3.63) is 35.1 Å². The monoisotopic (exact) mass is 224 g/mol. The Labute approximate surface area is 93.2 Å². The Kier molecular flexibility index (Phi) is 3.31. The van der Waals surface area contributed by atoms with E-state index in [-0.39, 0.29) is 18.0 Å². The van der Waals surface area contributed by atoms with Crippen LogP contribution in [0.1, 0.15) is 15.9 Å². The predicted molar refractivity (Wildman–Crippen MR) is 56.0 cm³/mol. The highest BCUT2D eigenvalue weighted by atomic mass is 19.1. The van der Waals surface area contributed by atoms with Gasteiger partial charge in [0.25, 0.3) is 0 Å². The summed E-state index contributed by atoms with van der Waals surface area (Å²) in [4.78, 5) is 11.9. The van der Waals surface area contributed by atoms with Crippen molar-refractivity contribution in [2.45, 2.75) is 13.0 Å². The molecule has 0 N–H and O–H groups in total. The van der Waals surface area contributed by atoms with Gasteiger partial charge in [0.15, 0.2) is 5.78 Å². The second-order valence-corrected chi connectivity index (χ2v) is 3.78. The van der Waals surface area contributed by atoms with Crippen molar-refractivity contribution in [2.75, 3.05) is 19.8 Å². The molecule has 2 rings (SSSR count). The Hall–Kier alpha value is -1.26. The third-order valence-electron chi connectivity index (χ3n) is 2.50. The van der Waals surface area contributed by atoms with E-state index in [1.807, 2.05) is 6.92 Å². The molecule has 0 saturated carbocycles. The zero-order valence-electron chi connectivity index (χ0n) is 9.03. The van der Waals surface area contributed by atoms with Gasteiger partial charge in [-0.25, -0.2) is 4.39 Å². The molecule has 86 valence electrons. The van der Waals surface area contributed by atoms with Gasteiger partial charge in [-0.05, 0) is 19.1 Å². The number of carbonyl (C=O) groups excluding carboxylic acids is 1. The van der Waals surface area contributed by atoms with Gasteiger partial charge < -0.3 is 9.47 Å². The molecule has 1 unspecified atom stereocenters. The van der Waals surface area contributed by atoms with Crippen molar-refractivity contribution in [1.29, 1.82) is 0 Å². The molecule has 1 aromatic carbocycles. The first kappa shape index (κ1) is 11.2. The van der Waals surface area contributed by atoms with Crippen LogP contribution < -0.4 is 0 Å². The highest BCUT2D eigenvalue weighted by Crippen LogP contribution is 2.15. The molecule has 0 aliphatic carbocycles. The smallest absolute Gasteiger partial charge is 0.196 e. The molecule has 4 heteroatoms. The maximum atomic E-state index is 13.5. The molecular weight excluding hydrogens is 211 g/mol. The highest BCUT2D eigenvalue weighted by molar-refractivity contribution is 6.00. The second kappa shape index (κ2) is 4.72. The lowest BCUT2D eigenvalue weighted by Gasteiger charge is -2.22. The average Bonchev–Trinajstić information content (AvgIpc) is 2.32. The van der Waals surface area contributed by atoms with E-state index in [9.17, 15) is 9.18 Å². The van der Waals surface area contributed by atoms with Crippen LogP contribution in [0.3, 0.4) is 0 Å². The Bertz CT molecular complexity index is 397. The van der Waals surface area contributed by atoms with Gasteiger partial charge in [-0.15, -0.1) is 0 Å². The fourth-order valence-electron chi connectivity index (χ4n) is 1.64. The number of Topliss-reactive ketones (excluding diaryl/α,β-unsaturated/α-hetero) is 1. The summed E-state index contributed by atoms with van der Waals surface area (Å²) in [5.41, 5.74) is 0.928. The molecule has 0 radical (unpaired) electrons. The van der Waals surface area contributed by atoms with Crippen LogP contribution in [0.4, 0.5) is 4.39 Å². The number of ether oxygens (including phenoxy) is 2. The molecule has 1 heterocycles. The number of ketones is 1. The number of rotatable bonds is 2. The van der Waals surface area contributed by atoms with E-state index in [4.69, 9.17) is 9.47 Å². The molecule has 0 aromatic heterocycles. The molecular formula is C12H13FO3. The number of carbonyl (C=O) groups is 1. The number of benzene rings is 1. The standard InChI is InChI=1S/C12H13FO3/c1-8-2-3-10(13)9(6-8)12(14)11-7-15-4-5-16-11/h2-3,6,11H,4-5,7H2,1H3. The van der Waals surface area contributed by atoms with Crippen LogP contribution in [0.2, 0.25) is 0 Å². The van der Waals surface area contributed by atoms with Gasteiger partial charge in [0.1, 0.15) is 11.9 Å². The highest BCUT2D eigenvalue weighted by Gasteiger charge is 2.25. The van der Waals surface area contributed by atoms with Crippen LogP contribution in [-0.4, -0.2) is 31.7 Å². The van der Waals surface area contributed by atoms with Gasteiger partial charge in [-0.1, -0.05) is 11.6 Å². The molecule has 1 aromatic rings. The molecule has 1 atom stereocenters. The Morgan fingerprint density at radius 1 is 1.44 bits per heavy atom. The summed E-state index contributed by atoms with van der Waals surface area (Å²) in [5, 5.41) is 0. The molecule has 1 saturated heterocycles. The number of aryl methyl sites for hydroxylation is 1. The van der Waals surface area contributed by atoms with Gasteiger partial charge in [0.05, 0.1) is 25.4 Å². The average molecular weight is 224 g/mol. The van der Waals surface area contributed by atoms with E-state index in [1.54, 1.807) is 6.07 Å². The fraction of sp³-hybridized carbons (Fsp3) is 0.417. The third kappa shape index (κ3) is 2.28. The van der Waals surface area contributed by atoms with Crippen LogP contribution in [0.5, 0.6) is 0 Å². The molecule has 16 heavy (non-hydrogen) atoms. The van der Waals surface area contributed by atoms with Crippen LogP contribution >= 0.6 is 0 Å². The normalized spacial score (nSPS) is 20.8. The molecule has 0 spiro atoms. The largest absolute Gasteiger partial charge is 0.376 e. The molecule has 1 fully saturated rings. The van der Waals surface area contributed by atoms with E-state index in [0.29, 0.717) is 13.2 Å². The quantitative estimate of drug-likeness (QED) is 0.718. The lowest BCUT2D eigenvalue weighted by atomic mass is 10.0. The molecule has 1 aliphatic rings. The maximum Gasteiger partial charge on any atom is 0.196 e. The lowest BCUT2D eigenvalue weighted by Crippen LogP contribution is -2.35. The summed E-state index contributed by atoms with van der Waals surface area (Å²) in [5.74, 6) is -0.856. The summed E-state index contributed by atoms with van der Waals surface area (Å²) in [7, 11) is 0. The molecule has 3 nitrogen and oxygen atoms in total. The van der Waals surface area contributed by atoms with Crippen molar-refractivity contribution in [3.8, 4) is 0 Å². The van der Waals surface area contributed by atoms with E-state index in [0.717, 1.165) is 5.56 Å². The Morgan fingerprint density at radius 3 is 2.94 bits per heavy atom. The first-order valence-corrected chi connectivity index (χ1v) is 5.18. The molecule has 0 amide bonds. The van der Waals surface area contributed by atoms with Crippen LogP contribution in [0.25, 0.3) is 0 Å². The van der Waals surface area contributed by atoms with E-state index < -0.39 is 11.9 Å². The van der Waals surface area contributed by atoms with Crippen LogP contribution in [-0.2, 0) is 9.47 Å². The van der Waals surface area contributed by atoms with E-state index in [1.165, 1.54) is 12.1 Å². The minimum Gasteiger partial charge on any atom is -0.376 e. The summed E-state index contributed by atoms with van der Waals surface area (Å²) in [6.07, 6.45) is -0.676. The van der Waals surface area contributed by atoms with Gasteiger partial charge in [-0.2, -0.15) is 0 Å². The van der Waals surface area contributed by atoms with Crippen LogP contribution in [0.15, 0.2) is 18.2 Å². The molecule has 1 aliphatic heterocycles. The molecule has 0 bridgehead atoms. The van der Waals surface area contributed by atoms with Crippen molar-refractivity contribution in [1.82, 2.24) is 0 Å². The zero-order chi connectivity index (χ0) is 11.5. The summed E-state index contributed by atoms with van der Waals surface area (Å²) >= 11 is 0. The SMILES string of the molecule is Cc1ccc(F)c(C(=O)C2COCCO2)c1. The first-order valence-electron chi connectivity index (χ1n) is 5.18. The van der Waals surface area contributed by atoms with Crippen molar-refractivity contribution >= 4 is 5.78 Å². The van der Waals surface area contributed by atoms with Gasteiger partial charge in [0, 0.05) is 0 Å². The fourth-order valence-corrected chi connectivity index (χ4v) is 1.64. The van der Waals surface area contributed by atoms with Crippen LogP contribution in [0, 0.1) is 12.7 Å². The predicted octanol–water partition coefficient (Wildman–Crippen LogP) is 1.73. The lowest BCUT2D eigenvalue weighted by molar-refractivity contribution is -0.0720. The Morgan fingerprint density at radius 2 is 2.25 bits per heavy atom. The summed E-state index contributed by atoms with van der Waals surface area (Å²) in [6, 6.07) is 4.46. The van der Waals surface area contributed by atoms with Crippen molar-refractivity contribution in [2.24, 2.45) is 0 Å². The van der Waals surface area contributed by atoms with Gasteiger partial charge in [0.2, 0.25) is 0 Å². The Balaban J connectivity index is 2.22. The zero-order valence-corrected chi connectivity index (χ0v) is 9.03. The number of halogens is 1. The first-order chi connectivity index (χ1) is 7.68. The number of hydrogen-bond acceptors (Lipinski definition) is 3. The topological polar surface area (TPSA) is 35.5 Å². The summed E-state index contributed by atoms with van der Waals surface area (Å²) in [6.45, 7) is 2.88. The number of hydrogen-bond donors (Lipinski definition) is 0. The second-order valence-electron chi connectivity index (χ2n) is 3.78. The maximum absolute atomic E-state index is 13.5. The summed E-state index contributed by atoms with van der Waals surface area (Å²) < 4.78 is 23.8. The minimum absolute atomic E-state index is 0.0792. The van der Waals surface area contributed by atoms with Crippen molar-refractivity contribution < 1.29 is 18.7 Å². The van der Waals surface area contributed by atoms with Crippen molar-refractivity contribution in [3.63, 3.8) is 0 Å². The third-order valence-corrected chi connectivity index (χ3v) is 2.50. The van der Waals surface area contributed by atoms with Gasteiger partial charge >= 0.3 is 0 Å². The van der Waals surface area contributed by atoms with E-state index in [2.05, 4.69) is 0 Å². The van der Waals surface area contributed by atoms with Gasteiger partial charge in [-0.3, -0.25) is 4.79 Å². The minimum atomic E-state index is -0.676.